The highest BCUT2D eigenvalue weighted by molar-refractivity contribution is 5.76. The molecule has 0 aromatic heterocycles. The van der Waals surface area contributed by atoms with E-state index in [1.807, 2.05) is 18.2 Å². The van der Waals surface area contributed by atoms with Gasteiger partial charge in [0.1, 0.15) is 64.0 Å². The molecule has 0 bridgehead atoms. The average Bonchev–Trinajstić information content (AvgIpc) is 3.68. The molecule has 0 saturated carbocycles. The highest BCUT2D eigenvalue weighted by atomic mass is 16.5. The van der Waals surface area contributed by atoms with Gasteiger partial charge < -0.3 is 45.2 Å². The molecule has 0 aliphatic carbocycles. The highest BCUT2D eigenvalue weighted by Gasteiger charge is 2.43. The predicted octanol–water partition coefficient (Wildman–Crippen LogP) is 8.33. The van der Waals surface area contributed by atoms with Crippen molar-refractivity contribution in [2.24, 2.45) is 0 Å². The summed E-state index contributed by atoms with van der Waals surface area (Å²) in [5.74, 6) is -0.400. The summed E-state index contributed by atoms with van der Waals surface area (Å²) in [6.07, 6.45) is 2.40. The summed E-state index contributed by atoms with van der Waals surface area (Å²) in [7, 11) is 0. The quantitative estimate of drug-likeness (QED) is 0.0858. The Hall–Kier alpha value is -6.74. The van der Waals surface area contributed by atoms with E-state index in [9.17, 15) is 35.7 Å². The van der Waals surface area contributed by atoms with E-state index in [-0.39, 0.29) is 40.2 Å². The number of hydrogen-bond acceptors (Lipinski definition) is 9. The van der Waals surface area contributed by atoms with Crippen LogP contribution in [0.4, 0.5) is 0 Å². The molecule has 9 nitrogen and oxygen atoms in total. The Balaban J connectivity index is 1.29. The number of fused-ring (bicyclic) bond motifs is 2. The monoisotopic (exact) mass is 680 g/mol. The standard InChI is InChI=1S/C42H32O9/c43-28-9-2-22(3-10-28)1-4-25-15-33(48)21-36-37(25)38(41(51-36)23-5-11-29(44)12-6-23)27-18-34(49)40-35(19-27)50-42(24-7-13-30(45)14-8-24)39(40)26-16-31(46)20-32(47)17-26/h1-21,38-39,41-49H. The van der Waals surface area contributed by atoms with E-state index in [4.69, 9.17) is 9.47 Å². The van der Waals surface area contributed by atoms with Crippen LogP contribution >= 0.6 is 0 Å². The van der Waals surface area contributed by atoms with E-state index in [1.54, 1.807) is 91.0 Å². The fourth-order valence-corrected chi connectivity index (χ4v) is 7.24. The van der Waals surface area contributed by atoms with Gasteiger partial charge in [0.2, 0.25) is 0 Å². The Bertz CT molecular complexity index is 2270. The molecule has 6 aromatic rings. The van der Waals surface area contributed by atoms with Crippen molar-refractivity contribution < 1.29 is 45.2 Å². The molecule has 8 rings (SSSR count). The van der Waals surface area contributed by atoms with Crippen molar-refractivity contribution in [1.82, 2.24) is 0 Å². The Kier molecular flexibility index (Phi) is 7.60. The second kappa shape index (κ2) is 12.3. The van der Waals surface area contributed by atoms with Gasteiger partial charge in [0.15, 0.2) is 0 Å². The van der Waals surface area contributed by atoms with Gasteiger partial charge in [0, 0.05) is 23.3 Å². The fourth-order valence-electron chi connectivity index (χ4n) is 7.24. The zero-order valence-corrected chi connectivity index (χ0v) is 26.9. The van der Waals surface area contributed by atoms with Crippen LogP contribution in [0.3, 0.4) is 0 Å². The molecule has 51 heavy (non-hydrogen) atoms. The van der Waals surface area contributed by atoms with Crippen LogP contribution in [0.2, 0.25) is 0 Å². The molecule has 9 heteroatoms. The molecule has 2 aliphatic rings. The molecule has 0 saturated heterocycles. The highest BCUT2D eigenvalue weighted by Crippen LogP contribution is 2.58. The lowest BCUT2D eigenvalue weighted by Crippen LogP contribution is -2.12. The van der Waals surface area contributed by atoms with Crippen LogP contribution in [-0.4, -0.2) is 35.7 Å². The molecule has 6 aromatic carbocycles. The Morgan fingerprint density at radius 1 is 0.392 bits per heavy atom. The summed E-state index contributed by atoms with van der Waals surface area (Å²) in [5.41, 5.74) is 5.31. The van der Waals surface area contributed by atoms with E-state index in [1.165, 1.54) is 18.2 Å². The summed E-state index contributed by atoms with van der Waals surface area (Å²) in [6, 6.07) is 30.9. The summed E-state index contributed by atoms with van der Waals surface area (Å²) < 4.78 is 13.2. The summed E-state index contributed by atoms with van der Waals surface area (Å²) in [4.78, 5) is 0. The van der Waals surface area contributed by atoms with E-state index in [2.05, 4.69) is 0 Å². The van der Waals surface area contributed by atoms with E-state index >= 15 is 0 Å². The van der Waals surface area contributed by atoms with Crippen LogP contribution in [0.1, 0.15) is 68.6 Å². The summed E-state index contributed by atoms with van der Waals surface area (Å²) >= 11 is 0. The van der Waals surface area contributed by atoms with E-state index in [0.29, 0.717) is 39.3 Å². The third-order valence-electron chi connectivity index (χ3n) is 9.47. The van der Waals surface area contributed by atoms with Crippen molar-refractivity contribution >= 4 is 12.2 Å². The molecular weight excluding hydrogens is 648 g/mol. The minimum absolute atomic E-state index is 0.00158. The molecule has 254 valence electrons. The van der Waals surface area contributed by atoms with Gasteiger partial charge in [-0.2, -0.15) is 0 Å². The first-order chi connectivity index (χ1) is 24.6. The van der Waals surface area contributed by atoms with Crippen LogP contribution in [0, 0.1) is 0 Å². The number of rotatable bonds is 6. The smallest absolute Gasteiger partial charge is 0.135 e. The number of phenolic OH excluding ortho intramolecular Hbond substituents is 7. The topological polar surface area (TPSA) is 160 Å². The first-order valence-electron chi connectivity index (χ1n) is 16.3. The number of aromatic hydroxyl groups is 7. The van der Waals surface area contributed by atoms with Crippen LogP contribution in [0.15, 0.2) is 115 Å². The van der Waals surface area contributed by atoms with Gasteiger partial charge in [-0.3, -0.25) is 0 Å². The maximum Gasteiger partial charge on any atom is 0.135 e. The van der Waals surface area contributed by atoms with Crippen molar-refractivity contribution in [2.45, 2.75) is 24.0 Å². The first-order valence-corrected chi connectivity index (χ1v) is 16.3. The van der Waals surface area contributed by atoms with E-state index in [0.717, 1.165) is 16.7 Å². The number of ether oxygens (including phenoxy) is 2. The summed E-state index contributed by atoms with van der Waals surface area (Å²) in [5, 5.41) is 73.3. The molecule has 4 atom stereocenters. The molecule has 4 unspecified atom stereocenters. The largest absolute Gasteiger partial charge is 0.508 e. The molecule has 7 N–H and O–H groups in total. The molecule has 0 radical (unpaired) electrons. The van der Waals surface area contributed by atoms with E-state index < -0.39 is 24.0 Å². The second-order valence-corrected chi connectivity index (χ2v) is 12.8. The number of hydrogen-bond donors (Lipinski definition) is 7. The molecule has 2 aliphatic heterocycles. The third-order valence-corrected chi connectivity index (χ3v) is 9.47. The van der Waals surface area contributed by atoms with Crippen molar-refractivity contribution in [3.63, 3.8) is 0 Å². The lowest BCUT2D eigenvalue weighted by molar-refractivity contribution is 0.218. The van der Waals surface area contributed by atoms with Crippen LogP contribution in [0.25, 0.3) is 12.2 Å². The van der Waals surface area contributed by atoms with Gasteiger partial charge in [-0.05, 0) is 100 Å². The third kappa shape index (κ3) is 5.84. The van der Waals surface area contributed by atoms with Gasteiger partial charge in [-0.25, -0.2) is 0 Å². The number of benzene rings is 6. The molecule has 0 spiro atoms. The SMILES string of the molecule is Oc1ccc(C=Cc2cc(O)cc3c2C(c2cc(O)c4c(c2)OC(c2ccc(O)cc2)C4c2cc(O)cc(O)c2)C(c2ccc(O)cc2)O3)cc1. The van der Waals surface area contributed by atoms with Crippen LogP contribution in [0.5, 0.6) is 51.7 Å². The lowest BCUT2D eigenvalue weighted by atomic mass is 9.80. The zero-order chi connectivity index (χ0) is 35.4. The average molecular weight is 681 g/mol. The molecule has 2 heterocycles. The Morgan fingerprint density at radius 2 is 0.863 bits per heavy atom. The maximum atomic E-state index is 11.9. The normalized spacial score (nSPS) is 19.0. The van der Waals surface area contributed by atoms with Gasteiger partial charge in [0.25, 0.3) is 0 Å². The Labute approximate surface area is 292 Å². The minimum Gasteiger partial charge on any atom is -0.508 e. The van der Waals surface area contributed by atoms with Crippen molar-refractivity contribution in [3.8, 4) is 51.7 Å². The predicted molar refractivity (Wildman–Crippen MR) is 190 cm³/mol. The van der Waals surface area contributed by atoms with Gasteiger partial charge in [-0.1, -0.05) is 48.6 Å². The molecular formula is C42H32O9. The van der Waals surface area contributed by atoms with Crippen molar-refractivity contribution in [1.29, 1.82) is 0 Å². The maximum absolute atomic E-state index is 11.9. The van der Waals surface area contributed by atoms with Gasteiger partial charge in [0.05, 0.1) is 11.8 Å². The van der Waals surface area contributed by atoms with Crippen molar-refractivity contribution in [3.05, 3.63) is 160 Å². The van der Waals surface area contributed by atoms with Crippen molar-refractivity contribution in [2.75, 3.05) is 0 Å². The second-order valence-electron chi connectivity index (χ2n) is 12.8. The number of phenols is 7. The van der Waals surface area contributed by atoms with Crippen LogP contribution in [-0.2, 0) is 0 Å². The molecule has 0 amide bonds. The molecule has 0 fully saturated rings. The minimum atomic E-state index is -0.691. The fraction of sp³-hybridized carbons (Fsp3) is 0.0952. The first kappa shape index (κ1) is 31.5. The zero-order valence-electron chi connectivity index (χ0n) is 26.9. The Morgan fingerprint density at radius 3 is 1.43 bits per heavy atom. The summed E-state index contributed by atoms with van der Waals surface area (Å²) in [6.45, 7) is 0. The van der Waals surface area contributed by atoms with Gasteiger partial charge >= 0.3 is 0 Å². The van der Waals surface area contributed by atoms with Crippen LogP contribution < -0.4 is 9.47 Å². The van der Waals surface area contributed by atoms with Gasteiger partial charge in [-0.15, -0.1) is 0 Å². The lowest BCUT2D eigenvalue weighted by Gasteiger charge is -2.22.